The Hall–Kier alpha value is -0.650. The van der Waals surface area contributed by atoms with E-state index in [0.29, 0.717) is 15.2 Å². The van der Waals surface area contributed by atoms with Gasteiger partial charge >= 0.3 is 0 Å². The van der Waals surface area contributed by atoms with E-state index in [1.54, 1.807) is 25.3 Å². The van der Waals surface area contributed by atoms with Crippen LogP contribution in [0.3, 0.4) is 0 Å². The molecule has 2 aromatic carbocycles. The van der Waals surface area contributed by atoms with Gasteiger partial charge in [-0.2, -0.15) is 0 Å². The van der Waals surface area contributed by atoms with E-state index in [-0.39, 0.29) is 16.8 Å². The first-order valence-corrected chi connectivity index (χ1v) is 8.12. The molecule has 0 bridgehead atoms. The van der Waals surface area contributed by atoms with Crippen LogP contribution in [0.5, 0.6) is 5.75 Å². The average molecular weight is 441 g/mol. The molecule has 6 heteroatoms. The van der Waals surface area contributed by atoms with E-state index in [1.807, 2.05) is 0 Å². The lowest BCUT2D eigenvalue weighted by Crippen LogP contribution is -2.02. The van der Waals surface area contributed by atoms with Gasteiger partial charge < -0.3 is 4.74 Å². The zero-order valence-electron chi connectivity index (χ0n) is 11.0. The zero-order chi connectivity index (χ0) is 15.6. The average Bonchev–Trinajstić information content (AvgIpc) is 2.43. The van der Waals surface area contributed by atoms with Crippen molar-refractivity contribution in [1.82, 2.24) is 0 Å². The maximum Gasteiger partial charge on any atom is 0.162 e. The molecule has 112 valence electrons. The Labute approximate surface area is 143 Å². The molecular weight excluding hydrogens is 429 g/mol. The normalized spacial score (nSPS) is 12.3. The molecule has 0 spiro atoms. The fraction of sp³-hybridized carbons (Fsp3) is 0.200. The second kappa shape index (κ2) is 7.07. The van der Waals surface area contributed by atoms with Crippen molar-refractivity contribution in [2.24, 2.45) is 0 Å². The summed E-state index contributed by atoms with van der Waals surface area (Å²) in [5.41, 5.74) is 1.05. The van der Waals surface area contributed by atoms with Gasteiger partial charge in [-0.25, -0.2) is 8.78 Å². The molecule has 1 unspecified atom stereocenters. The van der Waals surface area contributed by atoms with Crippen molar-refractivity contribution in [2.45, 2.75) is 11.2 Å². The maximum absolute atomic E-state index is 13.8. The zero-order valence-corrected chi connectivity index (χ0v) is 14.9. The lowest BCUT2D eigenvalue weighted by Gasteiger charge is -2.16. The van der Waals surface area contributed by atoms with Gasteiger partial charge in [0.2, 0.25) is 0 Å². The van der Waals surface area contributed by atoms with Crippen LogP contribution in [-0.2, 0) is 6.42 Å². The molecule has 0 aliphatic carbocycles. The van der Waals surface area contributed by atoms with Gasteiger partial charge in [0.05, 0.1) is 11.6 Å². The molecule has 0 heterocycles. The van der Waals surface area contributed by atoms with Crippen LogP contribution in [0.2, 0.25) is 5.02 Å². The number of methoxy groups -OCH3 is 1. The Morgan fingerprint density at radius 3 is 2.67 bits per heavy atom. The highest BCUT2D eigenvalue weighted by atomic mass is 79.9. The van der Waals surface area contributed by atoms with Crippen LogP contribution in [0.4, 0.5) is 8.78 Å². The molecule has 2 aromatic rings. The quantitative estimate of drug-likeness (QED) is 0.525. The first-order chi connectivity index (χ1) is 9.93. The van der Waals surface area contributed by atoms with Crippen molar-refractivity contribution in [3.63, 3.8) is 0 Å². The van der Waals surface area contributed by atoms with Crippen LogP contribution in [0, 0.1) is 11.6 Å². The maximum atomic E-state index is 13.8. The van der Waals surface area contributed by atoms with Crippen LogP contribution in [0.15, 0.2) is 34.8 Å². The van der Waals surface area contributed by atoms with Crippen molar-refractivity contribution in [3.05, 3.63) is 62.6 Å². The summed E-state index contributed by atoms with van der Waals surface area (Å²) in [6, 6.07) is 7.59. The monoisotopic (exact) mass is 438 g/mol. The van der Waals surface area contributed by atoms with Crippen molar-refractivity contribution >= 4 is 43.5 Å². The van der Waals surface area contributed by atoms with Gasteiger partial charge in [-0.1, -0.05) is 39.7 Å². The van der Waals surface area contributed by atoms with Gasteiger partial charge in [-0.05, 0) is 46.1 Å². The molecule has 0 aliphatic heterocycles. The summed E-state index contributed by atoms with van der Waals surface area (Å²) in [7, 11) is 1.54. The molecule has 0 aromatic heterocycles. The van der Waals surface area contributed by atoms with Crippen LogP contribution >= 0.6 is 43.5 Å². The molecule has 0 saturated carbocycles. The summed E-state index contributed by atoms with van der Waals surface area (Å²) in [5, 5.41) is 0.529. The van der Waals surface area contributed by atoms with Gasteiger partial charge in [0.15, 0.2) is 11.6 Å². The summed E-state index contributed by atoms with van der Waals surface area (Å²) in [6.07, 6.45) is 0.271. The van der Waals surface area contributed by atoms with Gasteiger partial charge in [-0.3, -0.25) is 0 Å². The van der Waals surface area contributed by atoms with Crippen molar-refractivity contribution < 1.29 is 13.5 Å². The van der Waals surface area contributed by atoms with Gasteiger partial charge in [0.1, 0.15) is 5.75 Å². The smallest absolute Gasteiger partial charge is 0.162 e. The molecule has 1 nitrogen and oxygen atoms in total. The van der Waals surface area contributed by atoms with E-state index in [4.69, 9.17) is 16.3 Å². The summed E-state index contributed by atoms with van der Waals surface area (Å²) in [6.45, 7) is 0. The van der Waals surface area contributed by atoms with E-state index in [9.17, 15) is 8.78 Å². The molecule has 0 aliphatic rings. The lowest BCUT2D eigenvalue weighted by atomic mass is 10.0. The largest absolute Gasteiger partial charge is 0.495 e. The third-order valence-electron chi connectivity index (χ3n) is 3.01. The Balaban J connectivity index is 2.36. The molecule has 21 heavy (non-hydrogen) atoms. The summed E-state index contributed by atoms with van der Waals surface area (Å²) < 4.78 is 33.1. The predicted molar refractivity (Wildman–Crippen MR) is 87.4 cm³/mol. The summed E-state index contributed by atoms with van der Waals surface area (Å²) >= 11 is 12.9. The van der Waals surface area contributed by atoms with E-state index >= 15 is 0 Å². The molecule has 0 N–H and O–H groups in total. The Morgan fingerprint density at radius 2 is 2.00 bits per heavy atom. The van der Waals surface area contributed by atoms with Crippen molar-refractivity contribution in [2.75, 3.05) is 7.11 Å². The van der Waals surface area contributed by atoms with Crippen LogP contribution in [0.1, 0.15) is 16.0 Å². The molecule has 2 rings (SSSR count). The van der Waals surface area contributed by atoms with Crippen molar-refractivity contribution in [3.8, 4) is 5.75 Å². The minimum absolute atomic E-state index is 0.265. The van der Waals surface area contributed by atoms with E-state index in [0.717, 1.165) is 11.6 Å². The van der Waals surface area contributed by atoms with Crippen molar-refractivity contribution in [1.29, 1.82) is 0 Å². The van der Waals surface area contributed by atoms with Crippen LogP contribution < -0.4 is 4.74 Å². The molecule has 1 atom stereocenters. The molecule has 0 fully saturated rings. The number of ether oxygens (including phenoxy) is 1. The molecular formula is C15H11Br2ClF2O. The van der Waals surface area contributed by atoms with Gasteiger partial charge in [0, 0.05) is 15.4 Å². The summed E-state index contributed by atoms with van der Waals surface area (Å²) in [4.78, 5) is -0.265. The highest BCUT2D eigenvalue weighted by Crippen LogP contribution is 2.40. The predicted octanol–water partition coefficient (Wildman–Crippen LogP) is 6.07. The summed E-state index contributed by atoms with van der Waals surface area (Å²) in [5.74, 6) is -1.08. The fourth-order valence-corrected chi connectivity index (χ4v) is 3.72. The van der Waals surface area contributed by atoms with E-state index in [1.165, 1.54) is 6.07 Å². The van der Waals surface area contributed by atoms with E-state index < -0.39 is 11.6 Å². The van der Waals surface area contributed by atoms with Crippen LogP contribution in [0.25, 0.3) is 0 Å². The van der Waals surface area contributed by atoms with Gasteiger partial charge in [-0.15, -0.1) is 0 Å². The van der Waals surface area contributed by atoms with Gasteiger partial charge in [0.25, 0.3) is 0 Å². The number of hydrogen-bond acceptors (Lipinski definition) is 1. The first-order valence-electron chi connectivity index (χ1n) is 6.04. The highest BCUT2D eigenvalue weighted by molar-refractivity contribution is 9.10. The third-order valence-corrected chi connectivity index (χ3v) is 4.63. The number of alkyl halides is 1. The Bertz CT molecular complexity index is 664. The Kier molecular flexibility index (Phi) is 5.63. The standard InChI is InChI=1S/C15H11Br2ClF2O/c1-21-15-10(6-9(18)7-12(15)17)11(16)5-8-3-2-4-13(19)14(8)20/h2-4,6-7,11H,5H2,1H3. The van der Waals surface area contributed by atoms with E-state index in [2.05, 4.69) is 31.9 Å². The minimum Gasteiger partial charge on any atom is -0.495 e. The number of rotatable bonds is 4. The first kappa shape index (κ1) is 16.7. The Morgan fingerprint density at radius 1 is 1.29 bits per heavy atom. The molecule has 0 amide bonds. The number of benzene rings is 2. The second-order valence-electron chi connectivity index (χ2n) is 4.39. The SMILES string of the molecule is COc1c(Br)cc(Cl)cc1C(Br)Cc1cccc(F)c1F. The van der Waals surface area contributed by atoms with Crippen LogP contribution in [-0.4, -0.2) is 7.11 Å². The molecule has 0 saturated heterocycles. The fourth-order valence-electron chi connectivity index (χ4n) is 2.04. The third kappa shape index (κ3) is 3.76. The lowest BCUT2D eigenvalue weighted by molar-refractivity contribution is 0.406. The topological polar surface area (TPSA) is 9.23 Å². The molecule has 0 radical (unpaired) electrons. The minimum atomic E-state index is -0.855. The highest BCUT2D eigenvalue weighted by Gasteiger charge is 2.19. The second-order valence-corrected chi connectivity index (χ2v) is 6.79. The number of halogens is 5. The number of hydrogen-bond donors (Lipinski definition) is 0.